The first-order valence-electron chi connectivity index (χ1n) is 5.41. The molecule has 0 saturated heterocycles. The van der Waals surface area contributed by atoms with Crippen molar-refractivity contribution in [3.63, 3.8) is 0 Å². The summed E-state index contributed by atoms with van der Waals surface area (Å²) in [6.45, 7) is 14.3. The Kier molecular flexibility index (Phi) is 4.98. The van der Waals surface area contributed by atoms with Crippen LogP contribution < -0.4 is 0 Å². The molecule has 0 spiro atoms. The van der Waals surface area contributed by atoms with E-state index in [1.165, 1.54) is 12.8 Å². The molecule has 0 aromatic heterocycles. The topological polar surface area (TPSA) is 9.23 Å². The molecule has 0 rings (SSSR count). The third kappa shape index (κ3) is 8.29. The van der Waals surface area contributed by atoms with Crippen LogP contribution in [0.15, 0.2) is 0 Å². The zero-order chi connectivity index (χ0) is 10.5. The van der Waals surface area contributed by atoms with Crippen LogP contribution in [0.1, 0.15) is 60.8 Å². The Morgan fingerprint density at radius 3 is 1.92 bits per heavy atom. The van der Waals surface area contributed by atoms with Gasteiger partial charge in [0.1, 0.15) is 0 Å². The average molecular weight is 186 g/mol. The van der Waals surface area contributed by atoms with Gasteiger partial charge in [-0.2, -0.15) is 0 Å². The van der Waals surface area contributed by atoms with E-state index in [4.69, 9.17) is 4.74 Å². The van der Waals surface area contributed by atoms with Crippen molar-refractivity contribution in [2.45, 2.75) is 66.4 Å². The van der Waals surface area contributed by atoms with E-state index in [0.29, 0.717) is 5.41 Å². The maximum atomic E-state index is 5.85. The normalized spacial score (nSPS) is 13.4. The zero-order valence-electron chi connectivity index (χ0n) is 10.2. The van der Waals surface area contributed by atoms with Crippen molar-refractivity contribution in [3.05, 3.63) is 0 Å². The summed E-state index contributed by atoms with van der Waals surface area (Å²) >= 11 is 0. The molecule has 0 aliphatic carbocycles. The van der Waals surface area contributed by atoms with Crippen molar-refractivity contribution in [2.24, 2.45) is 5.41 Å². The molecule has 1 heteroatoms. The summed E-state index contributed by atoms with van der Waals surface area (Å²) < 4.78 is 5.85. The molecule has 0 unspecified atom stereocenters. The maximum absolute atomic E-state index is 5.85. The summed E-state index contributed by atoms with van der Waals surface area (Å²) in [6, 6.07) is 0. The highest BCUT2D eigenvalue weighted by Crippen LogP contribution is 2.29. The lowest BCUT2D eigenvalue weighted by molar-refractivity contribution is -0.0441. The molecule has 0 bridgehead atoms. The predicted octanol–water partition coefficient (Wildman–Crippen LogP) is 4.02. The van der Waals surface area contributed by atoms with Gasteiger partial charge in [0.2, 0.25) is 0 Å². The fourth-order valence-electron chi connectivity index (χ4n) is 1.82. The Bertz CT molecular complexity index is 131. The molecule has 0 heterocycles. The molecule has 1 nitrogen and oxygen atoms in total. The van der Waals surface area contributed by atoms with Crippen LogP contribution in [0.3, 0.4) is 0 Å². The van der Waals surface area contributed by atoms with Crippen molar-refractivity contribution in [1.82, 2.24) is 0 Å². The summed E-state index contributed by atoms with van der Waals surface area (Å²) in [5.74, 6) is 0. The van der Waals surface area contributed by atoms with E-state index in [2.05, 4.69) is 41.5 Å². The number of hydrogen-bond acceptors (Lipinski definition) is 1. The molecule has 0 fully saturated rings. The molecule has 0 aromatic rings. The second-order valence-corrected chi connectivity index (χ2v) is 5.70. The summed E-state index contributed by atoms with van der Waals surface area (Å²) in [4.78, 5) is 0. The van der Waals surface area contributed by atoms with Gasteiger partial charge < -0.3 is 4.74 Å². The lowest BCUT2D eigenvalue weighted by Gasteiger charge is -2.32. The average Bonchev–Trinajstić information content (AvgIpc) is 1.81. The number of rotatable bonds is 5. The molecular weight excluding hydrogens is 160 g/mol. The van der Waals surface area contributed by atoms with Crippen molar-refractivity contribution >= 4 is 0 Å². The Balaban J connectivity index is 3.80. The van der Waals surface area contributed by atoms with E-state index in [0.717, 1.165) is 13.0 Å². The van der Waals surface area contributed by atoms with E-state index in [-0.39, 0.29) is 5.60 Å². The highest BCUT2D eigenvalue weighted by molar-refractivity contribution is 4.76. The van der Waals surface area contributed by atoms with Crippen LogP contribution in [0.4, 0.5) is 0 Å². The van der Waals surface area contributed by atoms with Crippen LogP contribution in [0.2, 0.25) is 0 Å². The molecule has 13 heavy (non-hydrogen) atoms. The Labute approximate surface area is 83.9 Å². The highest BCUT2D eigenvalue weighted by atomic mass is 16.5. The first kappa shape index (κ1) is 13.0. The fourth-order valence-corrected chi connectivity index (χ4v) is 1.82. The minimum absolute atomic E-state index is 0.0351. The van der Waals surface area contributed by atoms with E-state index >= 15 is 0 Å². The summed E-state index contributed by atoms with van der Waals surface area (Å²) in [5.41, 5.74) is 0.392. The van der Waals surface area contributed by atoms with Gasteiger partial charge in [0.25, 0.3) is 0 Å². The minimum Gasteiger partial charge on any atom is -0.376 e. The van der Waals surface area contributed by atoms with Gasteiger partial charge in [0, 0.05) is 6.61 Å². The smallest absolute Gasteiger partial charge is 0.0631 e. The van der Waals surface area contributed by atoms with Gasteiger partial charge in [0.15, 0.2) is 0 Å². The first-order chi connectivity index (χ1) is 5.77. The van der Waals surface area contributed by atoms with E-state index in [9.17, 15) is 0 Å². The Hall–Kier alpha value is -0.0400. The molecule has 0 aliphatic rings. The molecular formula is C12H26O. The molecule has 0 radical (unpaired) electrons. The maximum Gasteiger partial charge on any atom is 0.0631 e. The predicted molar refractivity (Wildman–Crippen MR) is 59.0 cm³/mol. The molecule has 0 aliphatic heterocycles. The van der Waals surface area contributed by atoms with Crippen LogP contribution in [-0.4, -0.2) is 12.2 Å². The van der Waals surface area contributed by atoms with E-state index in [1.54, 1.807) is 0 Å². The first-order valence-corrected chi connectivity index (χ1v) is 5.41. The minimum atomic E-state index is 0.0351. The van der Waals surface area contributed by atoms with Gasteiger partial charge >= 0.3 is 0 Å². The van der Waals surface area contributed by atoms with E-state index in [1.807, 2.05) is 0 Å². The summed E-state index contributed by atoms with van der Waals surface area (Å²) in [6.07, 6.45) is 3.50. The van der Waals surface area contributed by atoms with E-state index < -0.39 is 0 Å². The van der Waals surface area contributed by atoms with Gasteiger partial charge in [0.05, 0.1) is 5.60 Å². The number of hydrogen-bond donors (Lipinski definition) is 0. The molecule has 0 N–H and O–H groups in total. The summed E-state index contributed by atoms with van der Waals surface area (Å²) in [7, 11) is 0. The number of unbranched alkanes of at least 4 members (excludes halogenated alkanes) is 1. The lowest BCUT2D eigenvalue weighted by atomic mass is 9.84. The summed E-state index contributed by atoms with van der Waals surface area (Å²) in [5, 5.41) is 0. The Morgan fingerprint density at radius 2 is 1.54 bits per heavy atom. The van der Waals surface area contributed by atoms with Crippen molar-refractivity contribution in [1.29, 1.82) is 0 Å². The second kappa shape index (κ2) is 4.99. The molecule has 0 saturated carbocycles. The van der Waals surface area contributed by atoms with Crippen molar-refractivity contribution in [2.75, 3.05) is 6.61 Å². The highest BCUT2D eigenvalue weighted by Gasteiger charge is 2.25. The Morgan fingerprint density at radius 1 is 1.00 bits per heavy atom. The second-order valence-electron chi connectivity index (χ2n) is 5.70. The molecule has 0 aromatic carbocycles. The third-order valence-electron chi connectivity index (χ3n) is 1.95. The molecule has 0 atom stereocenters. The fraction of sp³-hybridized carbons (Fsp3) is 1.00. The van der Waals surface area contributed by atoms with Crippen molar-refractivity contribution < 1.29 is 4.74 Å². The van der Waals surface area contributed by atoms with Crippen LogP contribution in [-0.2, 0) is 4.74 Å². The molecule has 0 amide bonds. The lowest BCUT2D eigenvalue weighted by Crippen LogP contribution is -2.30. The van der Waals surface area contributed by atoms with Crippen molar-refractivity contribution in [3.8, 4) is 0 Å². The van der Waals surface area contributed by atoms with Crippen LogP contribution >= 0.6 is 0 Å². The quantitative estimate of drug-likeness (QED) is 0.589. The SMILES string of the molecule is CCCCOC(C)(C)CC(C)(C)C. The monoisotopic (exact) mass is 186 g/mol. The van der Waals surface area contributed by atoms with Gasteiger partial charge in [-0.1, -0.05) is 34.1 Å². The third-order valence-corrected chi connectivity index (χ3v) is 1.95. The zero-order valence-corrected chi connectivity index (χ0v) is 10.2. The molecule has 80 valence electrons. The van der Waals surface area contributed by atoms with Gasteiger partial charge in [-0.05, 0) is 32.1 Å². The van der Waals surface area contributed by atoms with Crippen LogP contribution in [0.25, 0.3) is 0 Å². The van der Waals surface area contributed by atoms with Gasteiger partial charge in [-0.3, -0.25) is 0 Å². The number of ether oxygens (including phenoxy) is 1. The van der Waals surface area contributed by atoms with Crippen LogP contribution in [0.5, 0.6) is 0 Å². The largest absolute Gasteiger partial charge is 0.376 e. The standard InChI is InChI=1S/C12H26O/c1-7-8-9-13-12(5,6)10-11(2,3)4/h7-10H2,1-6H3. The van der Waals surface area contributed by atoms with Gasteiger partial charge in [-0.15, -0.1) is 0 Å². The van der Waals surface area contributed by atoms with Crippen LogP contribution in [0, 0.1) is 5.41 Å². The van der Waals surface area contributed by atoms with Gasteiger partial charge in [-0.25, -0.2) is 0 Å².